The number of esters is 1. The van der Waals surface area contributed by atoms with Crippen LogP contribution in [-0.2, 0) is 14.3 Å². The molecule has 10 heteroatoms. The summed E-state index contributed by atoms with van der Waals surface area (Å²) in [5, 5.41) is 2.92. The summed E-state index contributed by atoms with van der Waals surface area (Å²) in [7, 11) is 0. The van der Waals surface area contributed by atoms with E-state index in [9.17, 15) is 19.2 Å². The second-order valence-corrected chi connectivity index (χ2v) is 8.65. The number of nitrogens with one attached hydrogen (secondary N) is 1. The highest BCUT2D eigenvalue weighted by atomic mass is 32.1. The van der Waals surface area contributed by atoms with Crippen molar-refractivity contribution in [1.82, 2.24) is 9.88 Å². The number of thiazole rings is 1. The molecule has 1 fully saturated rings. The number of fused-ring (bicyclic) bond motifs is 2. The Hall–Kier alpha value is -3.27. The summed E-state index contributed by atoms with van der Waals surface area (Å²) in [5.41, 5.74) is 1.30. The zero-order chi connectivity index (χ0) is 22.8. The van der Waals surface area contributed by atoms with Gasteiger partial charge in [-0.1, -0.05) is 23.5 Å². The number of para-hydroxylation sites is 1. The van der Waals surface area contributed by atoms with E-state index in [1.165, 1.54) is 4.90 Å². The summed E-state index contributed by atoms with van der Waals surface area (Å²) in [4.78, 5) is 58.9. The van der Waals surface area contributed by atoms with Gasteiger partial charge in [-0.15, -0.1) is 0 Å². The molecule has 3 amide bonds. The fourth-order valence-electron chi connectivity index (χ4n) is 4.08. The third kappa shape index (κ3) is 4.10. The molecule has 0 radical (unpaired) electrons. The predicted octanol–water partition coefficient (Wildman–Crippen LogP) is 2.61. The maximum Gasteiger partial charge on any atom is 0.350 e. The summed E-state index contributed by atoms with van der Waals surface area (Å²) >= 11 is 1.02. The Morgan fingerprint density at radius 3 is 2.81 bits per heavy atom. The van der Waals surface area contributed by atoms with Gasteiger partial charge in [0.1, 0.15) is 17.5 Å². The van der Waals surface area contributed by atoms with E-state index in [2.05, 4.69) is 10.3 Å². The second kappa shape index (κ2) is 9.07. The molecule has 1 atom stereocenters. The zero-order valence-electron chi connectivity index (χ0n) is 17.9. The molecule has 3 heterocycles. The highest BCUT2D eigenvalue weighted by Crippen LogP contribution is 2.32. The Labute approximate surface area is 189 Å². The lowest BCUT2D eigenvalue weighted by molar-refractivity contribution is -0.125. The molecule has 2 aliphatic heterocycles. The van der Waals surface area contributed by atoms with Crippen LogP contribution in [0.15, 0.2) is 24.3 Å². The third-order valence-electron chi connectivity index (χ3n) is 5.55. The third-order valence-corrected chi connectivity index (χ3v) is 6.60. The van der Waals surface area contributed by atoms with Crippen molar-refractivity contribution in [2.45, 2.75) is 39.2 Å². The van der Waals surface area contributed by atoms with Gasteiger partial charge in [0.05, 0.1) is 23.6 Å². The number of anilines is 2. The molecule has 0 bridgehead atoms. The minimum absolute atomic E-state index is 0.184. The molecule has 0 aliphatic carbocycles. The molecule has 0 unspecified atom stereocenters. The standard InChI is InChI=1S/C22H24N4O5S/c1-3-31-21(30)18-13(2)23-22(32-18)24-17(27)12-26-15-9-5-4-8-14(15)19(28)25-11-7-6-10-16(25)20(26)29/h4-5,8-9,16H,3,6-7,10-12H2,1-2H3,(H,23,24,27)/t16-/m1/s1. The highest BCUT2D eigenvalue weighted by molar-refractivity contribution is 7.17. The minimum Gasteiger partial charge on any atom is -0.462 e. The maximum atomic E-state index is 13.4. The highest BCUT2D eigenvalue weighted by Gasteiger charge is 2.41. The first kappa shape index (κ1) is 21.9. The number of piperidine rings is 1. The smallest absolute Gasteiger partial charge is 0.350 e. The fourth-order valence-corrected chi connectivity index (χ4v) is 4.95. The van der Waals surface area contributed by atoms with E-state index < -0.39 is 17.9 Å². The molecule has 9 nitrogen and oxygen atoms in total. The monoisotopic (exact) mass is 456 g/mol. The van der Waals surface area contributed by atoms with Gasteiger partial charge in [0.2, 0.25) is 11.8 Å². The molecule has 1 N–H and O–H groups in total. The van der Waals surface area contributed by atoms with E-state index in [4.69, 9.17) is 4.74 Å². The molecule has 168 valence electrons. The van der Waals surface area contributed by atoms with Crippen LogP contribution in [-0.4, -0.2) is 59.3 Å². The molecule has 32 heavy (non-hydrogen) atoms. The van der Waals surface area contributed by atoms with Gasteiger partial charge in [-0.25, -0.2) is 9.78 Å². The van der Waals surface area contributed by atoms with Crippen LogP contribution in [0.2, 0.25) is 0 Å². The lowest BCUT2D eigenvalue weighted by Crippen LogP contribution is -2.52. The largest absolute Gasteiger partial charge is 0.462 e. The number of aryl methyl sites for hydroxylation is 1. The summed E-state index contributed by atoms with van der Waals surface area (Å²) < 4.78 is 5.01. The topological polar surface area (TPSA) is 109 Å². The van der Waals surface area contributed by atoms with Gasteiger partial charge in [0.15, 0.2) is 5.13 Å². The van der Waals surface area contributed by atoms with Crippen molar-refractivity contribution in [3.8, 4) is 0 Å². The number of hydrogen-bond donors (Lipinski definition) is 1. The first-order chi connectivity index (χ1) is 15.4. The van der Waals surface area contributed by atoms with Crippen molar-refractivity contribution < 1.29 is 23.9 Å². The fraction of sp³-hybridized carbons (Fsp3) is 0.409. The molecule has 1 saturated heterocycles. The molecule has 2 aromatic rings. The van der Waals surface area contributed by atoms with Gasteiger partial charge in [0.25, 0.3) is 5.91 Å². The number of nitrogens with zero attached hydrogens (tertiary/aromatic N) is 3. The Morgan fingerprint density at radius 2 is 2.03 bits per heavy atom. The first-order valence-electron chi connectivity index (χ1n) is 10.6. The molecular formula is C22H24N4O5S. The van der Waals surface area contributed by atoms with Crippen LogP contribution in [0.5, 0.6) is 0 Å². The van der Waals surface area contributed by atoms with Crippen molar-refractivity contribution in [3.05, 3.63) is 40.4 Å². The molecule has 1 aromatic heterocycles. The van der Waals surface area contributed by atoms with E-state index in [0.29, 0.717) is 34.8 Å². The van der Waals surface area contributed by atoms with Gasteiger partial charge < -0.3 is 19.9 Å². The van der Waals surface area contributed by atoms with Crippen molar-refractivity contribution in [2.24, 2.45) is 0 Å². The maximum absolute atomic E-state index is 13.4. The average molecular weight is 457 g/mol. The Morgan fingerprint density at radius 1 is 1.25 bits per heavy atom. The molecule has 0 spiro atoms. The lowest BCUT2D eigenvalue weighted by atomic mass is 10.0. The number of carbonyl (C=O) groups excluding carboxylic acids is 4. The average Bonchev–Trinajstić information content (AvgIpc) is 3.13. The van der Waals surface area contributed by atoms with Crippen molar-refractivity contribution >= 4 is 45.8 Å². The molecule has 1 aromatic carbocycles. The predicted molar refractivity (Wildman–Crippen MR) is 119 cm³/mol. The Bertz CT molecular complexity index is 1080. The number of aromatic nitrogens is 1. The zero-order valence-corrected chi connectivity index (χ0v) is 18.7. The summed E-state index contributed by atoms with van der Waals surface area (Å²) in [6.45, 7) is 3.88. The molecular weight excluding hydrogens is 432 g/mol. The van der Waals surface area contributed by atoms with Crippen LogP contribution in [0.3, 0.4) is 0 Å². The normalized spacial score (nSPS) is 18.0. The number of ether oxygens (including phenoxy) is 1. The van der Waals surface area contributed by atoms with E-state index in [1.807, 2.05) is 0 Å². The van der Waals surface area contributed by atoms with Crippen LogP contribution in [0.1, 0.15) is 51.9 Å². The van der Waals surface area contributed by atoms with Gasteiger partial charge >= 0.3 is 5.97 Å². The van der Waals surface area contributed by atoms with Crippen molar-refractivity contribution in [1.29, 1.82) is 0 Å². The van der Waals surface area contributed by atoms with Crippen LogP contribution >= 0.6 is 11.3 Å². The summed E-state index contributed by atoms with van der Waals surface area (Å²) in [5.74, 6) is -1.40. The molecule has 4 rings (SSSR count). The minimum atomic E-state index is -0.575. The SMILES string of the molecule is CCOC(=O)c1sc(NC(=O)CN2C(=O)[C@H]3CCCCN3C(=O)c3ccccc32)nc1C. The first-order valence-corrected chi connectivity index (χ1v) is 11.4. The number of carbonyl (C=O) groups is 4. The molecule has 2 aliphatic rings. The number of hydrogen-bond acceptors (Lipinski definition) is 7. The number of benzene rings is 1. The van der Waals surface area contributed by atoms with E-state index in [0.717, 1.165) is 24.2 Å². The van der Waals surface area contributed by atoms with E-state index in [-0.39, 0.29) is 30.1 Å². The van der Waals surface area contributed by atoms with Crippen LogP contribution < -0.4 is 10.2 Å². The Kier molecular flexibility index (Phi) is 6.22. The van der Waals surface area contributed by atoms with Gasteiger partial charge in [-0.3, -0.25) is 14.4 Å². The quantitative estimate of drug-likeness (QED) is 0.693. The second-order valence-electron chi connectivity index (χ2n) is 7.65. The lowest BCUT2D eigenvalue weighted by Gasteiger charge is -2.34. The molecule has 0 saturated carbocycles. The van der Waals surface area contributed by atoms with Gasteiger partial charge in [0, 0.05) is 6.54 Å². The Balaban J connectivity index is 1.57. The van der Waals surface area contributed by atoms with E-state index in [1.54, 1.807) is 43.0 Å². The van der Waals surface area contributed by atoms with Gasteiger partial charge in [-0.2, -0.15) is 0 Å². The van der Waals surface area contributed by atoms with Crippen molar-refractivity contribution in [3.63, 3.8) is 0 Å². The van der Waals surface area contributed by atoms with Crippen LogP contribution in [0.25, 0.3) is 0 Å². The van der Waals surface area contributed by atoms with E-state index >= 15 is 0 Å². The van der Waals surface area contributed by atoms with Crippen LogP contribution in [0, 0.1) is 6.92 Å². The summed E-state index contributed by atoms with van der Waals surface area (Å²) in [6.07, 6.45) is 2.28. The van der Waals surface area contributed by atoms with Crippen molar-refractivity contribution in [2.75, 3.05) is 29.9 Å². The number of rotatable bonds is 5. The summed E-state index contributed by atoms with van der Waals surface area (Å²) in [6, 6.07) is 6.28. The van der Waals surface area contributed by atoms with Gasteiger partial charge in [-0.05, 0) is 45.2 Å². The van der Waals surface area contributed by atoms with Crippen LogP contribution in [0.4, 0.5) is 10.8 Å². The number of amides is 3.